The molecule has 0 aromatic heterocycles. The second-order valence-electron chi connectivity index (χ2n) is 2.42. The summed E-state index contributed by atoms with van der Waals surface area (Å²) in [6, 6.07) is 5.78. The lowest BCUT2D eigenvalue weighted by atomic mass is 10.2. The molecular weight excluding hydrogens is 228 g/mol. The summed E-state index contributed by atoms with van der Waals surface area (Å²) in [6.07, 6.45) is 8.61. The van der Waals surface area contributed by atoms with Crippen molar-refractivity contribution >= 4 is 22.0 Å². The topological polar surface area (TPSA) is 9.23 Å². The van der Waals surface area contributed by atoms with Crippen molar-refractivity contribution in [1.82, 2.24) is 0 Å². The Hall–Kier alpha value is -1.20. The van der Waals surface area contributed by atoms with Gasteiger partial charge in [-0.3, -0.25) is 0 Å². The molecule has 1 rings (SSSR count). The van der Waals surface area contributed by atoms with Gasteiger partial charge in [0.1, 0.15) is 5.75 Å². The number of terminal acetylenes is 1. The third-order valence-corrected chi connectivity index (χ3v) is 1.96. The second-order valence-corrected chi connectivity index (χ2v) is 3.34. The number of allylic oxidation sites excluding steroid dienone is 1. The van der Waals surface area contributed by atoms with Gasteiger partial charge in [0, 0.05) is 4.47 Å². The molecule has 0 saturated carbocycles. The first-order chi connectivity index (χ1) is 6.26. The van der Waals surface area contributed by atoms with Crippen LogP contribution >= 0.6 is 15.9 Å². The van der Waals surface area contributed by atoms with Crippen LogP contribution in [0.5, 0.6) is 5.75 Å². The van der Waals surface area contributed by atoms with E-state index in [0.29, 0.717) is 0 Å². The second kappa shape index (κ2) is 4.74. The molecule has 2 heteroatoms. The van der Waals surface area contributed by atoms with E-state index in [0.717, 1.165) is 15.8 Å². The van der Waals surface area contributed by atoms with Crippen molar-refractivity contribution in [3.63, 3.8) is 0 Å². The van der Waals surface area contributed by atoms with E-state index >= 15 is 0 Å². The average Bonchev–Trinajstić information content (AvgIpc) is 2.14. The maximum atomic E-state index is 5.11. The molecule has 13 heavy (non-hydrogen) atoms. The van der Waals surface area contributed by atoms with Crippen molar-refractivity contribution < 1.29 is 4.74 Å². The minimum atomic E-state index is 0.811. The van der Waals surface area contributed by atoms with Gasteiger partial charge in [-0.15, -0.1) is 6.42 Å². The maximum Gasteiger partial charge on any atom is 0.120 e. The Labute approximate surface area is 86.5 Å². The fourth-order valence-electron chi connectivity index (χ4n) is 0.943. The molecule has 1 aromatic rings. The fourth-order valence-corrected chi connectivity index (χ4v) is 1.43. The van der Waals surface area contributed by atoms with Crippen LogP contribution in [-0.4, -0.2) is 7.11 Å². The van der Waals surface area contributed by atoms with E-state index in [9.17, 15) is 0 Å². The summed E-state index contributed by atoms with van der Waals surface area (Å²) in [5.74, 6) is 3.25. The quantitative estimate of drug-likeness (QED) is 0.718. The number of hydrogen-bond acceptors (Lipinski definition) is 1. The molecule has 0 radical (unpaired) electrons. The van der Waals surface area contributed by atoms with Crippen LogP contribution in [0, 0.1) is 12.3 Å². The first kappa shape index (κ1) is 9.88. The van der Waals surface area contributed by atoms with Gasteiger partial charge >= 0.3 is 0 Å². The normalized spacial score (nSPS) is 9.92. The van der Waals surface area contributed by atoms with E-state index in [1.165, 1.54) is 0 Å². The number of benzene rings is 1. The van der Waals surface area contributed by atoms with Gasteiger partial charge < -0.3 is 4.74 Å². The Balaban J connectivity index is 3.03. The van der Waals surface area contributed by atoms with Crippen molar-refractivity contribution in [3.05, 3.63) is 34.3 Å². The summed E-state index contributed by atoms with van der Waals surface area (Å²) in [4.78, 5) is 0. The Morgan fingerprint density at radius 1 is 1.46 bits per heavy atom. The molecule has 0 bridgehead atoms. The highest BCUT2D eigenvalue weighted by Crippen LogP contribution is 2.21. The summed E-state index contributed by atoms with van der Waals surface area (Å²) in [5, 5.41) is 0. The Morgan fingerprint density at radius 2 is 2.23 bits per heavy atom. The van der Waals surface area contributed by atoms with Gasteiger partial charge in [0.05, 0.1) is 7.11 Å². The van der Waals surface area contributed by atoms with Gasteiger partial charge in [-0.25, -0.2) is 0 Å². The summed E-state index contributed by atoms with van der Waals surface area (Å²) in [7, 11) is 1.64. The molecule has 0 heterocycles. The van der Waals surface area contributed by atoms with Gasteiger partial charge in [-0.1, -0.05) is 21.9 Å². The molecule has 0 saturated heterocycles. The van der Waals surface area contributed by atoms with Crippen LogP contribution in [-0.2, 0) is 0 Å². The highest BCUT2D eigenvalue weighted by Gasteiger charge is 1.95. The zero-order chi connectivity index (χ0) is 9.68. The van der Waals surface area contributed by atoms with E-state index in [-0.39, 0.29) is 0 Å². The van der Waals surface area contributed by atoms with Crippen molar-refractivity contribution in [2.24, 2.45) is 0 Å². The SMILES string of the molecule is C#CC=Cc1cc(Br)cc(OC)c1. The molecule has 0 N–H and O–H groups in total. The molecule has 0 amide bonds. The van der Waals surface area contributed by atoms with Crippen LogP contribution in [0.15, 0.2) is 28.7 Å². The summed E-state index contributed by atoms with van der Waals surface area (Å²) < 4.78 is 6.08. The maximum absolute atomic E-state index is 5.11. The van der Waals surface area contributed by atoms with Gasteiger partial charge in [0.15, 0.2) is 0 Å². The van der Waals surface area contributed by atoms with Crippen molar-refractivity contribution in [1.29, 1.82) is 0 Å². The lowest BCUT2D eigenvalue weighted by Gasteiger charge is -2.01. The largest absolute Gasteiger partial charge is 0.497 e. The molecule has 0 spiro atoms. The summed E-state index contributed by atoms with van der Waals surface area (Å²) in [5.41, 5.74) is 1.02. The standard InChI is InChI=1S/C11H9BrO/c1-3-4-5-9-6-10(12)8-11(7-9)13-2/h1,4-8H,2H3. The van der Waals surface area contributed by atoms with Crippen molar-refractivity contribution in [3.8, 4) is 18.1 Å². The van der Waals surface area contributed by atoms with Crippen molar-refractivity contribution in [2.45, 2.75) is 0 Å². The predicted molar refractivity (Wildman–Crippen MR) is 58.6 cm³/mol. The third kappa shape index (κ3) is 2.96. The lowest BCUT2D eigenvalue weighted by Crippen LogP contribution is -1.83. The monoisotopic (exact) mass is 236 g/mol. The van der Waals surface area contributed by atoms with E-state index in [4.69, 9.17) is 11.2 Å². The Bertz CT molecular complexity index is 361. The Morgan fingerprint density at radius 3 is 2.85 bits per heavy atom. The zero-order valence-corrected chi connectivity index (χ0v) is 8.84. The minimum absolute atomic E-state index is 0.811. The minimum Gasteiger partial charge on any atom is -0.497 e. The smallest absolute Gasteiger partial charge is 0.120 e. The van der Waals surface area contributed by atoms with E-state index < -0.39 is 0 Å². The molecule has 0 unspecified atom stereocenters. The lowest BCUT2D eigenvalue weighted by molar-refractivity contribution is 0.414. The van der Waals surface area contributed by atoms with Crippen LogP contribution in [0.2, 0.25) is 0 Å². The van der Waals surface area contributed by atoms with E-state index in [1.54, 1.807) is 13.2 Å². The van der Waals surface area contributed by atoms with Crippen molar-refractivity contribution in [2.75, 3.05) is 7.11 Å². The molecule has 1 nitrogen and oxygen atoms in total. The fraction of sp³-hybridized carbons (Fsp3) is 0.0909. The molecule has 66 valence electrons. The first-order valence-electron chi connectivity index (χ1n) is 3.73. The molecule has 0 aliphatic heterocycles. The molecule has 0 aliphatic carbocycles. The average molecular weight is 237 g/mol. The number of hydrogen-bond donors (Lipinski definition) is 0. The molecule has 0 atom stereocenters. The number of rotatable bonds is 2. The predicted octanol–water partition coefficient (Wildman–Crippen LogP) is 3.10. The molecule has 0 fully saturated rings. The van der Waals surface area contributed by atoms with Gasteiger partial charge in [0.25, 0.3) is 0 Å². The Kier molecular flexibility index (Phi) is 3.60. The molecule has 0 aliphatic rings. The zero-order valence-electron chi connectivity index (χ0n) is 7.25. The number of ether oxygens (including phenoxy) is 1. The number of methoxy groups -OCH3 is 1. The van der Waals surface area contributed by atoms with Crippen LogP contribution in [0.25, 0.3) is 6.08 Å². The third-order valence-electron chi connectivity index (χ3n) is 1.50. The summed E-state index contributed by atoms with van der Waals surface area (Å²) in [6.45, 7) is 0. The van der Waals surface area contributed by atoms with E-state index in [2.05, 4.69) is 21.9 Å². The van der Waals surface area contributed by atoms with Gasteiger partial charge in [0.2, 0.25) is 0 Å². The van der Waals surface area contributed by atoms with Crippen LogP contribution in [0.1, 0.15) is 5.56 Å². The molecule has 1 aromatic carbocycles. The first-order valence-corrected chi connectivity index (χ1v) is 4.53. The van der Waals surface area contributed by atoms with Crippen LogP contribution in [0.4, 0.5) is 0 Å². The summed E-state index contributed by atoms with van der Waals surface area (Å²) >= 11 is 3.38. The van der Waals surface area contributed by atoms with Gasteiger partial charge in [-0.05, 0) is 35.9 Å². The molecular formula is C11H9BrO. The highest BCUT2D eigenvalue weighted by molar-refractivity contribution is 9.10. The van der Waals surface area contributed by atoms with Gasteiger partial charge in [-0.2, -0.15) is 0 Å². The highest BCUT2D eigenvalue weighted by atomic mass is 79.9. The number of halogens is 1. The van der Waals surface area contributed by atoms with E-state index in [1.807, 2.05) is 24.3 Å². The van der Waals surface area contributed by atoms with Crippen LogP contribution in [0.3, 0.4) is 0 Å². The van der Waals surface area contributed by atoms with Crippen LogP contribution < -0.4 is 4.74 Å².